The maximum atomic E-state index is 12.4. The van der Waals surface area contributed by atoms with Gasteiger partial charge in [-0.2, -0.15) is 4.98 Å². The lowest BCUT2D eigenvalue weighted by Crippen LogP contribution is -2.38. The number of imidazole rings is 1. The second-order valence-electron chi connectivity index (χ2n) is 5.37. The standard InChI is InChI=1S/C13H19N5O6/c1-21-4-5-7(22-2)8(23-3)11(24-5)18-9-6(15-13(18)20)10(19)17-12(14)16-9/h5,7-8,11H,4H2,1-3H3,(H,15,20)(H3,14,16,17,19)/t5-,7?,8?,11-/m1/s1. The van der Waals surface area contributed by atoms with Gasteiger partial charge in [0.15, 0.2) is 17.4 Å². The molecule has 2 aromatic rings. The molecule has 1 aliphatic rings. The smallest absolute Gasteiger partial charge is 0.330 e. The first-order chi connectivity index (χ1) is 11.5. The molecule has 0 saturated carbocycles. The second kappa shape index (κ2) is 6.36. The lowest BCUT2D eigenvalue weighted by molar-refractivity contribution is -0.0649. The van der Waals surface area contributed by atoms with E-state index in [1.54, 1.807) is 0 Å². The van der Waals surface area contributed by atoms with E-state index in [9.17, 15) is 9.59 Å². The van der Waals surface area contributed by atoms with E-state index in [1.807, 2.05) is 0 Å². The normalized spacial score (nSPS) is 27.1. The van der Waals surface area contributed by atoms with Crippen molar-refractivity contribution in [3.63, 3.8) is 0 Å². The fourth-order valence-electron chi connectivity index (χ4n) is 3.02. The van der Waals surface area contributed by atoms with Crippen LogP contribution < -0.4 is 17.0 Å². The molecule has 24 heavy (non-hydrogen) atoms. The molecule has 0 bridgehead atoms. The Balaban J connectivity index is 2.14. The first-order valence-corrected chi connectivity index (χ1v) is 7.21. The first-order valence-electron chi connectivity index (χ1n) is 7.21. The Kier molecular flexibility index (Phi) is 4.41. The van der Waals surface area contributed by atoms with Crippen LogP contribution in [0.4, 0.5) is 5.95 Å². The van der Waals surface area contributed by atoms with Crippen LogP contribution in [0.25, 0.3) is 11.2 Å². The van der Waals surface area contributed by atoms with Gasteiger partial charge in [0.1, 0.15) is 18.3 Å². The first kappa shape index (κ1) is 16.6. The number of nitrogen functional groups attached to an aromatic ring is 1. The fraction of sp³-hybridized carbons (Fsp3) is 0.615. The molecule has 0 aromatic carbocycles. The van der Waals surface area contributed by atoms with Gasteiger partial charge in [0.05, 0.1) is 6.61 Å². The van der Waals surface area contributed by atoms with Crippen molar-refractivity contribution in [3.8, 4) is 0 Å². The second-order valence-corrected chi connectivity index (χ2v) is 5.37. The van der Waals surface area contributed by atoms with Crippen molar-refractivity contribution in [2.45, 2.75) is 24.5 Å². The highest BCUT2D eigenvalue weighted by molar-refractivity contribution is 5.70. The number of H-pyrrole nitrogens is 2. The van der Waals surface area contributed by atoms with E-state index in [0.717, 1.165) is 0 Å². The summed E-state index contributed by atoms with van der Waals surface area (Å²) in [5.74, 6) is -0.107. The SMILES string of the molecule is COC[C@H]1O[C@@H](n2c(=O)[nH]c3c(=O)[nH]c(N)nc32)C(OC)C1OC. The predicted octanol–water partition coefficient (Wildman–Crippen LogP) is -1.43. The van der Waals surface area contributed by atoms with Crippen molar-refractivity contribution >= 4 is 17.1 Å². The predicted molar refractivity (Wildman–Crippen MR) is 82.8 cm³/mol. The van der Waals surface area contributed by atoms with Gasteiger partial charge in [0.25, 0.3) is 5.56 Å². The Morgan fingerprint density at radius 3 is 2.54 bits per heavy atom. The van der Waals surface area contributed by atoms with Gasteiger partial charge in [0, 0.05) is 21.3 Å². The average Bonchev–Trinajstić information content (AvgIpc) is 3.04. The van der Waals surface area contributed by atoms with Gasteiger partial charge in [-0.3, -0.25) is 14.8 Å². The number of anilines is 1. The number of rotatable bonds is 5. The Morgan fingerprint density at radius 1 is 1.21 bits per heavy atom. The monoisotopic (exact) mass is 341 g/mol. The van der Waals surface area contributed by atoms with Crippen molar-refractivity contribution in [1.29, 1.82) is 0 Å². The van der Waals surface area contributed by atoms with E-state index in [0.29, 0.717) is 0 Å². The molecule has 4 N–H and O–H groups in total. The van der Waals surface area contributed by atoms with Gasteiger partial charge in [-0.05, 0) is 0 Å². The van der Waals surface area contributed by atoms with Crippen LogP contribution in [0.1, 0.15) is 6.23 Å². The third-order valence-corrected chi connectivity index (χ3v) is 4.01. The summed E-state index contributed by atoms with van der Waals surface area (Å²) in [4.78, 5) is 33.1. The number of hydrogen-bond acceptors (Lipinski definition) is 8. The Labute approximate surface area is 135 Å². The summed E-state index contributed by atoms with van der Waals surface area (Å²) in [6.45, 7) is 0.252. The summed E-state index contributed by atoms with van der Waals surface area (Å²) >= 11 is 0. The summed E-state index contributed by atoms with van der Waals surface area (Å²) in [5, 5.41) is 0. The van der Waals surface area contributed by atoms with Crippen LogP contribution in [-0.4, -0.2) is 65.8 Å². The van der Waals surface area contributed by atoms with Crippen LogP contribution in [0.15, 0.2) is 9.59 Å². The van der Waals surface area contributed by atoms with Crippen molar-refractivity contribution in [3.05, 3.63) is 20.8 Å². The van der Waals surface area contributed by atoms with Crippen molar-refractivity contribution in [2.24, 2.45) is 0 Å². The molecule has 3 heterocycles. The van der Waals surface area contributed by atoms with Gasteiger partial charge in [-0.25, -0.2) is 9.36 Å². The zero-order chi connectivity index (χ0) is 17.4. The van der Waals surface area contributed by atoms with Gasteiger partial charge in [-0.15, -0.1) is 0 Å². The van der Waals surface area contributed by atoms with E-state index in [1.165, 1.54) is 25.9 Å². The van der Waals surface area contributed by atoms with Gasteiger partial charge in [0.2, 0.25) is 5.95 Å². The number of ether oxygens (including phenoxy) is 4. The number of fused-ring (bicyclic) bond motifs is 1. The molecule has 132 valence electrons. The number of methoxy groups -OCH3 is 3. The topological polar surface area (TPSA) is 146 Å². The average molecular weight is 341 g/mol. The molecule has 3 rings (SSSR count). The maximum Gasteiger partial charge on any atom is 0.330 e. The molecular formula is C13H19N5O6. The molecule has 1 saturated heterocycles. The molecule has 0 aliphatic carbocycles. The number of nitrogens with one attached hydrogen (secondary N) is 2. The molecule has 1 fully saturated rings. The van der Waals surface area contributed by atoms with Crippen LogP contribution in [0.5, 0.6) is 0 Å². The van der Waals surface area contributed by atoms with Gasteiger partial charge in [-0.1, -0.05) is 0 Å². The molecule has 11 nitrogen and oxygen atoms in total. The number of nitrogens with zero attached hydrogens (tertiary/aromatic N) is 2. The van der Waals surface area contributed by atoms with Gasteiger partial charge < -0.3 is 24.7 Å². The third-order valence-electron chi connectivity index (χ3n) is 4.01. The van der Waals surface area contributed by atoms with E-state index < -0.39 is 35.8 Å². The molecule has 0 amide bonds. The zero-order valence-electron chi connectivity index (χ0n) is 13.4. The van der Waals surface area contributed by atoms with Crippen LogP contribution in [0.2, 0.25) is 0 Å². The minimum Gasteiger partial charge on any atom is -0.382 e. The summed E-state index contributed by atoms with van der Waals surface area (Å²) < 4.78 is 23.1. The van der Waals surface area contributed by atoms with Crippen molar-refractivity contribution in [1.82, 2.24) is 19.5 Å². The van der Waals surface area contributed by atoms with E-state index >= 15 is 0 Å². The molecular weight excluding hydrogens is 322 g/mol. The highest BCUT2D eigenvalue weighted by Gasteiger charge is 2.47. The molecule has 4 atom stereocenters. The summed E-state index contributed by atoms with van der Waals surface area (Å²) in [6.07, 6.45) is -2.37. The Morgan fingerprint density at radius 2 is 1.92 bits per heavy atom. The summed E-state index contributed by atoms with van der Waals surface area (Å²) in [7, 11) is 4.53. The van der Waals surface area contributed by atoms with Crippen molar-refractivity contribution in [2.75, 3.05) is 33.7 Å². The zero-order valence-corrected chi connectivity index (χ0v) is 13.4. The lowest BCUT2D eigenvalue weighted by Gasteiger charge is -2.21. The van der Waals surface area contributed by atoms with Crippen molar-refractivity contribution < 1.29 is 18.9 Å². The number of aromatic amines is 2. The van der Waals surface area contributed by atoms with E-state index in [-0.39, 0.29) is 23.7 Å². The summed E-state index contributed by atoms with van der Waals surface area (Å²) in [6, 6.07) is 0. The Bertz CT molecular complexity index is 841. The third kappa shape index (κ3) is 2.51. The molecule has 1 aliphatic heterocycles. The largest absolute Gasteiger partial charge is 0.382 e. The van der Waals surface area contributed by atoms with Crippen LogP contribution in [0, 0.1) is 0 Å². The molecule has 0 spiro atoms. The highest BCUT2D eigenvalue weighted by Crippen LogP contribution is 2.33. The van der Waals surface area contributed by atoms with E-state index in [2.05, 4.69) is 15.0 Å². The number of nitrogens with two attached hydrogens (primary N) is 1. The minimum atomic E-state index is -0.852. The molecule has 2 aromatic heterocycles. The van der Waals surface area contributed by atoms with Crippen LogP contribution >= 0.6 is 0 Å². The quantitative estimate of drug-likeness (QED) is 0.600. The van der Waals surface area contributed by atoms with Crippen LogP contribution in [-0.2, 0) is 18.9 Å². The Hall–Kier alpha value is -2.21. The minimum absolute atomic E-state index is 0.0109. The van der Waals surface area contributed by atoms with Gasteiger partial charge >= 0.3 is 5.69 Å². The molecule has 0 radical (unpaired) electrons. The number of aromatic nitrogens is 4. The fourth-order valence-corrected chi connectivity index (χ4v) is 3.02. The molecule has 2 unspecified atom stereocenters. The lowest BCUT2D eigenvalue weighted by atomic mass is 10.1. The van der Waals surface area contributed by atoms with Crippen LogP contribution in [0.3, 0.4) is 0 Å². The maximum absolute atomic E-state index is 12.4. The highest BCUT2D eigenvalue weighted by atomic mass is 16.6. The van der Waals surface area contributed by atoms with E-state index in [4.69, 9.17) is 24.7 Å². The molecule has 11 heteroatoms. The summed E-state index contributed by atoms with van der Waals surface area (Å²) in [5.41, 5.74) is 4.57. The number of hydrogen-bond donors (Lipinski definition) is 3.